The van der Waals surface area contributed by atoms with Crippen molar-refractivity contribution in [1.29, 1.82) is 0 Å². The molecule has 2 aliphatic rings. The minimum atomic E-state index is -0.652. The number of hydrogen-bond acceptors (Lipinski definition) is 0. The van der Waals surface area contributed by atoms with Crippen molar-refractivity contribution in [1.82, 2.24) is 0 Å². The van der Waals surface area contributed by atoms with Crippen LogP contribution in [0.2, 0.25) is 0 Å². The third kappa shape index (κ3) is 3.15. The number of fused-ring (bicyclic) bond motifs is 4. The average Bonchev–Trinajstić information content (AvgIpc) is 3.21. The molecule has 1 heteroatoms. The van der Waals surface area contributed by atoms with E-state index in [1.807, 2.05) is 0 Å². The summed E-state index contributed by atoms with van der Waals surface area (Å²) in [6, 6.07) is 38.9. The van der Waals surface area contributed by atoms with E-state index in [-0.39, 0.29) is 16.2 Å². The van der Waals surface area contributed by atoms with Gasteiger partial charge >= 0.3 is 0 Å². The first-order chi connectivity index (χ1) is 16.3. The zero-order valence-corrected chi connectivity index (χ0v) is 21.6. The highest BCUT2D eigenvalue weighted by Crippen LogP contribution is 2.63. The number of hydrogen-bond donors (Lipinski definition) is 0. The predicted molar refractivity (Wildman–Crippen MR) is 148 cm³/mol. The lowest BCUT2D eigenvalue weighted by Gasteiger charge is -2.33. The van der Waals surface area contributed by atoms with Crippen molar-refractivity contribution in [3.63, 3.8) is 0 Å². The Morgan fingerprint density at radius 3 is 1.56 bits per heavy atom. The van der Waals surface area contributed by atoms with E-state index >= 15 is 0 Å². The lowest BCUT2D eigenvalue weighted by molar-refractivity contribution is 0.350. The second-order valence-electron chi connectivity index (χ2n) is 11.5. The van der Waals surface area contributed by atoms with Crippen LogP contribution in [0.25, 0.3) is 0 Å². The summed E-state index contributed by atoms with van der Waals surface area (Å²) in [6.45, 7) is 9.83. The van der Waals surface area contributed by atoms with Gasteiger partial charge in [-0.05, 0) is 69.8 Å². The minimum Gasteiger partial charge on any atom is -0.0622 e. The molecule has 0 radical (unpaired) electrons. The highest BCUT2D eigenvalue weighted by molar-refractivity contribution is 7.79. The minimum absolute atomic E-state index is 0.0691. The molecule has 2 aliphatic carbocycles. The molecule has 0 unspecified atom stereocenters. The van der Waals surface area contributed by atoms with Gasteiger partial charge in [0.1, 0.15) is 0 Å². The maximum absolute atomic E-state index is 2.46. The van der Waals surface area contributed by atoms with Gasteiger partial charge in [0.25, 0.3) is 0 Å². The highest BCUT2D eigenvalue weighted by Gasteiger charge is 2.57. The lowest BCUT2D eigenvalue weighted by Crippen LogP contribution is -2.33. The summed E-state index contributed by atoms with van der Waals surface area (Å²) in [7, 11) is -0.652. The summed E-state index contributed by atoms with van der Waals surface area (Å²) in [6.07, 6.45) is 2.36. The summed E-state index contributed by atoms with van der Waals surface area (Å²) in [5.41, 5.74) is 6.66. The Kier molecular flexibility index (Phi) is 4.91. The van der Waals surface area contributed by atoms with Crippen molar-refractivity contribution in [3.05, 3.63) is 125 Å². The second-order valence-corrected chi connectivity index (χ2v) is 13.6. The molecule has 0 aromatic heterocycles. The fourth-order valence-electron chi connectivity index (χ4n) is 7.13. The van der Waals surface area contributed by atoms with Gasteiger partial charge in [0.15, 0.2) is 0 Å². The standard InChI is InChI=1S/C33H33P/c1-31(2)22-33(27-19-12-11-18-26(27)31)23-32(3,4)28-20-13-21-29(30(28)33)34(24-14-7-5-8-15-24)25-16-9-6-10-17-25/h5-21H,22-23H2,1-4H3/t33-/m0/s1. The first-order valence-electron chi connectivity index (χ1n) is 12.5. The number of rotatable bonds is 3. The normalized spacial score (nSPS) is 21.6. The first-order valence-corrected chi connectivity index (χ1v) is 13.8. The van der Waals surface area contributed by atoms with Gasteiger partial charge in [0, 0.05) is 5.41 Å². The average molecular weight is 461 g/mol. The molecule has 0 amide bonds. The Morgan fingerprint density at radius 1 is 0.500 bits per heavy atom. The van der Waals surface area contributed by atoms with Crippen LogP contribution in [0.15, 0.2) is 103 Å². The molecule has 4 aromatic rings. The molecule has 1 atom stereocenters. The van der Waals surface area contributed by atoms with Gasteiger partial charge in [0.2, 0.25) is 0 Å². The molecule has 0 N–H and O–H groups in total. The summed E-state index contributed by atoms with van der Waals surface area (Å²) in [5.74, 6) is 0. The summed E-state index contributed by atoms with van der Waals surface area (Å²) in [5, 5.41) is 4.41. The van der Waals surface area contributed by atoms with Crippen LogP contribution >= 0.6 is 7.92 Å². The van der Waals surface area contributed by atoms with Crippen molar-refractivity contribution >= 4 is 23.8 Å². The van der Waals surface area contributed by atoms with Crippen molar-refractivity contribution in [2.75, 3.05) is 0 Å². The van der Waals surface area contributed by atoms with E-state index in [0.29, 0.717) is 0 Å². The van der Waals surface area contributed by atoms with Crippen LogP contribution in [0.5, 0.6) is 0 Å². The molecule has 170 valence electrons. The van der Waals surface area contributed by atoms with Gasteiger partial charge in [-0.15, -0.1) is 0 Å². The molecule has 4 aromatic carbocycles. The SMILES string of the molecule is CC1(C)C[C@]2(CC(C)(C)c3cccc(P(c4ccccc4)c4ccccc4)c32)c2ccccc21. The Bertz CT molecular complexity index is 1310. The summed E-state index contributed by atoms with van der Waals surface area (Å²) in [4.78, 5) is 0. The van der Waals surface area contributed by atoms with Crippen LogP contribution in [-0.4, -0.2) is 0 Å². The molecule has 0 aliphatic heterocycles. The summed E-state index contributed by atoms with van der Waals surface area (Å²) < 4.78 is 0. The van der Waals surface area contributed by atoms with Crippen LogP contribution in [0, 0.1) is 0 Å². The van der Waals surface area contributed by atoms with E-state index in [4.69, 9.17) is 0 Å². The van der Waals surface area contributed by atoms with Gasteiger partial charge in [-0.3, -0.25) is 0 Å². The second kappa shape index (κ2) is 7.66. The Balaban J connectivity index is 1.68. The van der Waals surface area contributed by atoms with Crippen molar-refractivity contribution in [2.24, 2.45) is 0 Å². The quantitative estimate of drug-likeness (QED) is 0.286. The van der Waals surface area contributed by atoms with Gasteiger partial charge in [0.05, 0.1) is 0 Å². The molecule has 6 rings (SSSR count). The summed E-state index contributed by atoms with van der Waals surface area (Å²) >= 11 is 0. The van der Waals surface area contributed by atoms with Crippen molar-refractivity contribution in [3.8, 4) is 0 Å². The van der Waals surface area contributed by atoms with E-state index in [2.05, 4.69) is 131 Å². The van der Waals surface area contributed by atoms with E-state index in [1.165, 1.54) is 29.0 Å². The molecular formula is C33H33P. The number of benzene rings is 4. The van der Waals surface area contributed by atoms with Crippen molar-refractivity contribution < 1.29 is 0 Å². The fraction of sp³-hybridized carbons (Fsp3) is 0.273. The van der Waals surface area contributed by atoms with Crippen molar-refractivity contribution in [2.45, 2.75) is 56.8 Å². The van der Waals surface area contributed by atoms with E-state index in [0.717, 1.165) is 0 Å². The van der Waals surface area contributed by atoms with Gasteiger partial charge in [-0.2, -0.15) is 0 Å². The highest BCUT2D eigenvalue weighted by atomic mass is 31.1. The first kappa shape index (κ1) is 21.8. The van der Waals surface area contributed by atoms with E-state index < -0.39 is 7.92 Å². The largest absolute Gasteiger partial charge is 0.0622 e. The third-order valence-corrected chi connectivity index (χ3v) is 10.7. The topological polar surface area (TPSA) is 0 Å². The molecular weight excluding hydrogens is 427 g/mol. The molecule has 0 saturated carbocycles. The van der Waals surface area contributed by atoms with E-state index in [9.17, 15) is 0 Å². The zero-order chi connectivity index (χ0) is 23.6. The van der Waals surface area contributed by atoms with Gasteiger partial charge in [-0.1, -0.05) is 131 Å². The molecule has 34 heavy (non-hydrogen) atoms. The maximum Gasteiger partial charge on any atom is 0.0231 e. The Labute approximate surface area is 205 Å². The maximum atomic E-state index is 2.46. The van der Waals surface area contributed by atoms with Gasteiger partial charge in [-0.25, -0.2) is 0 Å². The molecule has 0 fully saturated rings. The zero-order valence-electron chi connectivity index (χ0n) is 20.7. The monoisotopic (exact) mass is 460 g/mol. The van der Waals surface area contributed by atoms with Crippen LogP contribution < -0.4 is 15.9 Å². The van der Waals surface area contributed by atoms with Gasteiger partial charge < -0.3 is 0 Å². The van der Waals surface area contributed by atoms with Crippen LogP contribution in [0.4, 0.5) is 0 Å². The molecule has 0 nitrogen and oxygen atoms in total. The Morgan fingerprint density at radius 2 is 0.971 bits per heavy atom. The smallest absolute Gasteiger partial charge is 0.0231 e. The molecule has 1 spiro atoms. The molecule has 0 saturated heterocycles. The fourth-order valence-corrected chi connectivity index (χ4v) is 9.72. The van der Waals surface area contributed by atoms with Crippen LogP contribution in [0.1, 0.15) is 62.8 Å². The predicted octanol–water partition coefficient (Wildman–Crippen LogP) is 7.09. The van der Waals surface area contributed by atoms with Crippen LogP contribution in [-0.2, 0) is 16.2 Å². The molecule has 0 heterocycles. The third-order valence-electron chi connectivity index (χ3n) is 8.18. The van der Waals surface area contributed by atoms with E-state index in [1.54, 1.807) is 22.0 Å². The molecule has 0 bridgehead atoms. The van der Waals surface area contributed by atoms with Crippen LogP contribution in [0.3, 0.4) is 0 Å². The Hall–Kier alpha value is -2.69. The lowest BCUT2D eigenvalue weighted by atomic mass is 9.72.